The van der Waals surface area contributed by atoms with Crippen LogP contribution < -0.4 is 10.3 Å². The van der Waals surface area contributed by atoms with Crippen molar-refractivity contribution in [3.8, 4) is 11.4 Å². The van der Waals surface area contributed by atoms with E-state index in [4.69, 9.17) is 4.74 Å². The molecule has 0 unspecified atom stereocenters. The van der Waals surface area contributed by atoms with E-state index in [1.807, 2.05) is 31.2 Å². The van der Waals surface area contributed by atoms with Gasteiger partial charge >= 0.3 is 0 Å². The summed E-state index contributed by atoms with van der Waals surface area (Å²) >= 11 is 0. The first-order valence-corrected chi connectivity index (χ1v) is 5.93. The van der Waals surface area contributed by atoms with E-state index in [2.05, 4.69) is 15.0 Å². The lowest BCUT2D eigenvalue weighted by molar-refractivity contribution is 0.340. The molecule has 0 radical (unpaired) electrons. The summed E-state index contributed by atoms with van der Waals surface area (Å²) < 4.78 is 7.15. The van der Waals surface area contributed by atoms with Gasteiger partial charge in [0.05, 0.1) is 18.6 Å². The predicted octanol–water partition coefficient (Wildman–Crippen LogP) is 1.51. The minimum atomic E-state index is -0.218. The fourth-order valence-corrected chi connectivity index (χ4v) is 1.95. The van der Waals surface area contributed by atoms with Crippen LogP contribution in [0.15, 0.2) is 41.7 Å². The molecule has 3 aromatic rings. The lowest BCUT2D eigenvalue weighted by Crippen LogP contribution is -2.10. The first kappa shape index (κ1) is 11.5. The molecule has 0 bridgehead atoms. The molecular weight excluding hydrogens is 244 g/mol. The number of hydrogen-bond donors (Lipinski definition) is 1. The number of nitrogens with one attached hydrogen (secondary N) is 1. The molecule has 2 aromatic heterocycles. The average Bonchev–Trinajstić information content (AvgIpc) is 2.85. The molecular formula is C13H12N4O2. The third-order valence-corrected chi connectivity index (χ3v) is 2.75. The quantitative estimate of drug-likeness (QED) is 0.770. The summed E-state index contributed by atoms with van der Waals surface area (Å²) in [5, 5.41) is 0. The zero-order valence-electron chi connectivity index (χ0n) is 10.3. The Hall–Kier alpha value is -2.63. The summed E-state index contributed by atoms with van der Waals surface area (Å²) in [6, 6.07) is 7.48. The Morgan fingerprint density at radius 2 is 2.26 bits per heavy atom. The van der Waals surface area contributed by atoms with Gasteiger partial charge < -0.3 is 9.72 Å². The van der Waals surface area contributed by atoms with Crippen LogP contribution in [-0.2, 0) is 0 Å². The van der Waals surface area contributed by atoms with Crippen molar-refractivity contribution in [2.24, 2.45) is 0 Å². The monoisotopic (exact) mass is 256 g/mol. The van der Waals surface area contributed by atoms with Gasteiger partial charge in [-0.05, 0) is 19.1 Å². The van der Waals surface area contributed by atoms with Gasteiger partial charge in [0.25, 0.3) is 5.56 Å². The molecule has 6 heteroatoms. The molecule has 0 amide bonds. The lowest BCUT2D eigenvalue weighted by Gasteiger charge is -2.07. The summed E-state index contributed by atoms with van der Waals surface area (Å²) in [6.07, 6.45) is 2.93. The van der Waals surface area contributed by atoms with Crippen molar-refractivity contribution < 1.29 is 4.74 Å². The zero-order valence-corrected chi connectivity index (χ0v) is 10.3. The van der Waals surface area contributed by atoms with Gasteiger partial charge in [-0.15, -0.1) is 0 Å². The van der Waals surface area contributed by atoms with E-state index in [9.17, 15) is 4.79 Å². The first-order chi connectivity index (χ1) is 9.29. The third kappa shape index (κ3) is 1.97. The lowest BCUT2D eigenvalue weighted by atomic mass is 10.3. The van der Waals surface area contributed by atoms with Gasteiger partial charge in [0.2, 0.25) is 0 Å². The third-order valence-electron chi connectivity index (χ3n) is 2.75. The minimum absolute atomic E-state index is 0.218. The second-order valence-electron chi connectivity index (χ2n) is 3.95. The Kier molecular flexibility index (Phi) is 2.75. The van der Waals surface area contributed by atoms with Crippen molar-refractivity contribution in [2.75, 3.05) is 6.61 Å². The van der Waals surface area contributed by atoms with E-state index in [0.717, 1.165) is 11.4 Å². The fourth-order valence-electron chi connectivity index (χ4n) is 1.95. The Labute approximate surface area is 108 Å². The summed E-state index contributed by atoms with van der Waals surface area (Å²) in [5.74, 6) is 0.752. The minimum Gasteiger partial charge on any atom is -0.494 e. The molecule has 0 aliphatic carbocycles. The number of nitrogens with zero attached hydrogens (tertiary/aromatic N) is 3. The van der Waals surface area contributed by atoms with Gasteiger partial charge in [0, 0.05) is 6.07 Å². The molecule has 96 valence electrons. The van der Waals surface area contributed by atoms with Crippen LogP contribution in [0.25, 0.3) is 16.9 Å². The molecule has 0 aliphatic rings. The molecule has 0 atom stereocenters. The van der Waals surface area contributed by atoms with Crippen LogP contribution in [-0.4, -0.2) is 26.1 Å². The van der Waals surface area contributed by atoms with Gasteiger partial charge in [0.1, 0.15) is 12.1 Å². The molecule has 0 aliphatic heterocycles. The van der Waals surface area contributed by atoms with Crippen LogP contribution in [0.1, 0.15) is 6.92 Å². The summed E-state index contributed by atoms with van der Waals surface area (Å²) in [7, 11) is 0. The van der Waals surface area contributed by atoms with Crippen molar-refractivity contribution in [1.82, 2.24) is 19.5 Å². The number of rotatable bonds is 3. The summed E-state index contributed by atoms with van der Waals surface area (Å²) in [5.41, 5.74) is 1.44. The second kappa shape index (κ2) is 4.56. The maximum Gasteiger partial charge on any atom is 0.277 e. The number of benzene rings is 1. The topological polar surface area (TPSA) is 72.8 Å². The Morgan fingerprint density at radius 3 is 3.11 bits per heavy atom. The zero-order chi connectivity index (χ0) is 13.2. The van der Waals surface area contributed by atoms with Gasteiger partial charge in [-0.25, -0.2) is 9.97 Å². The number of H-pyrrole nitrogens is 1. The van der Waals surface area contributed by atoms with Crippen LogP contribution >= 0.6 is 0 Å². The largest absolute Gasteiger partial charge is 0.494 e. The van der Waals surface area contributed by atoms with Crippen LogP contribution in [0.3, 0.4) is 0 Å². The van der Waals surface area contributed by atoms with Gasteiger partial charge in [-0.2, -0.15) is 0 Å². The number of ether oxygens (including phenoxy) is 1. The molecule has 6 nitrogen and oxygen atoms in total. The van der Waals surface area contributed by atoms with Crippen LogP contribution in [0.5, 0.6) is 5.75 Å². The molecule has 0 saturated carbocycles. The number of aromatic nitrogens is 4. The molecule has 19 heavy (non-hydrogen) atoms. The van der Waals surface area contributed by atoms with Gasteiger partial charge in [-0.1, -0.05) is 6.07 Å². The van der Waals surface area contributed by atoms with E-state index in [1.165, 1.54) is 6.33 Å². The Morgan fingerprint density at radius 1 is 1.37 bits per heavy atom. The van der Waals surface area contributed by atoms with Crippen molar-refractivity contribution in [1.29, 1.82) is 0 Å². The highest BCUT2D eigenvalue weighted by Gasteiger charge is 2.09. The van der Waals surface area contributed by atoms with Crippen molar-refractivity contribution >= 4 is 11.2 Å². The molecule has 1 N–H and O–H groups in total. The smallest absolute Gasteiger partial charge is 0.277 e. The van der Waals surface area contributed by atoms with E-state index in [1.54, 1.807) is 10.9 Å². The molecule has 0 saturated heterocycles. The maximum absolute atomic E-state index is 11.9. The van der Waals surface area contributed by atoms with Crippen LogP contribution in [0.4, 0.5) is 0 Å². The summed E-state index contributed by atoms with van der Waals surface area (Å²) in [6.45, 7) is 2.52. The molecule has 3 rings (SSSR count). The van der Waals surface area contributed by atoms with Crippen LogP contribution in [0, 0.1) is 0 Å². The average molecular weight is 256 g/mol. The Bertz CT molecular complexity index is 775. The second-order valence-corrected chi connectivity index (χ2v) is 3.95. The van der Waals surface area contributed by atoms with Crippen LogP contribution in [0.2, 0.25) is 0 Å². The molecule has 0 spiro atoms. The van der Waals surface area contributed by atoms with Crippen molar-refractivity contribution in [3.05, 3.63) is 47.3 Å². The van der Waals surface area contributed by atoms with Gasteiger partial charge in [-0.3, -0.25) is 9.36 Å². The van der Waals surface area contributed by atoms with Gasteiger partial charge in [0.15, 0.2) is 11.2 Å². The highest BCUT2D eigenvalue weighted by atomic mass is 16.5. The molecule has 0 fully saturated rings. The number of imidazole rings is 1. The predicted molar refractivity (Wildman–Crippen MR) is 70.7 cm³/mol. The van der Waals surface area contributed by atoms with E-state index >= 15 is 0 Å². The number of hydrogen-bond acceptors (Lipinski definition) is 4. The van der Waals surface area contributed by atoms with Crippen molar-refractivity contribution in [3.63, 3.8) is 0 Å². The normalized spacial score (nSPS) is 10.8. The maximum atomic E-state index is 11.9. The van der Waals surface area contributed by atoms with E-state index in [0.29, 0.717) is 17.8 Å². The molecule has 2 heterocycles. The SMILES string of the molecule is CCOc1cccc(-n2cnc3nc[nH]c(=O)c32)c1. The van der Waals surface area contributed by atoms with E-state index in [-0.39, 0.29) is 5.56 Å². The number of fused-ring (bicyclic) bond motifs is 1. The fraction of sp³-hybridized carbons (Fsp3) is 0.154. The Balaban J connectivity index is 2.19. The number of aromatic amines is 1. The summed E-state index contributed by atoms with van der Waals surface area (Å²) in [4.78, 5) is 22.6. The van der Waals surface area contributed by atoms with E-state index < -0.39 is 0 Å². The highest BCUT2D eigenvalue weighted by Crippen LogP contribution is 2.19. The van der Waals surface area contributed by atoms with Crippen molar-refractivity contribution in [2.45, 2.75) is 6.92 Å². The molecule has 1 aromatic carbocycles. The highest BCUT2D eigenvalue weighted by molar-refractivity contribution is 5.71. The standard InChI is InChI=1S/C13H12N4O2/c1-2-19-10-5-3-4-9(6-10)17-8-16-12-11(17)13(18)15-7-14-12/h3-8H,2H2,1H3,(H,14,15,18). The first-order valence-electron chi connectivity index (χ1n) is 5.93.